The Bertz CT molecular complexity index is 687. The highest BCUT2D eigenvalue weighted by Crippen LogP contribution is 2.23. The number of amides is 2. The van der Waals surface area contributed by atoms with Crippen molar-refractivity contribution in [1.29, 1.82) is 0 Å². The van der Waals surface area contributed by atoms with Gasteiger partial charge in [-0.05, 0) is 18.6 Å². The Kier molecular flexibility index (Phi) is 5.37. The summed E-state index contributed by atoms with van der Waals surface area (Å²) < 4.78 is 20.9. The summed E-state index contributed by atoms with van der Waals surface area (Å²) in [6.07, 6.45) is 4.88. The fourth-order valence-electron chi connectivity index (χ4n) is 3.20. The number of hydrogen-bond acceptors (Lipinski definition) is 4. The van der Waals surface area contributed by atoms with Gasteiger partial charge in [-0.15, -0.1) is 0 Å². The van der Waals surface area contributed by atoms with E-state index < -0.39 is 6.17 Å². The monoisotopic (exact) mass is 349 g/mol. The molecule has 2 aromatic rings. The van der Waals surface area contributed by atoms with E-state index in [1.165, 1.54) is 0 Å². The minimum Gasteiger partial charge on any atom is -0.467 e. The molecular weight excluding hydrogens is 325 g/mol. The third kappa shape index (κ3) is 4.60. The smallest absolute Gasteiger partial charge is 0.317 e. The lowest BCUT2D eigenvalue weighted by molar-refractivity contribution is 0.174. The SMILES string of the molecule is CN(C[C@@H]1C[C@H](F)CN1Cc1cnn(C)c1)C(=O)NCc1ccco1. The van der Waals surface area contributed by atoms with E-state index in [0.717, 1.165) is 5.56 Å². The fraction of sp³-hybridized carbons (Fsp3) is 0.529. The fourth-order valence-corrected chi connectivity index (χ4v) is 3.20. The zero-order chi connectivity index (χ0) is 17.8. The number of nitrogens with zero attached hydrogens (tertiary/aromatic N) is 4. The molecule has 2 aromatic heterocycles. The normalized spacial score (nSPS) is 20.8. The van der Waals surface area contributed by atoms with Crippen LogP contribution >= 0.6 is 0 Å². The Hall–Kier alpha value is -2.35. The maximum atomic E-state index is 13.9. The number of aryl methyl sites for hydroxylation is 1. The molecule has 25 heavy (non-hydrogen) atoms. The van der Waals surface area contributed by atoms with Gasteiger partial charge in [0, 0.05) is 51.5 Å². The number of carbonyl (C=O) groups excluding carboxylic acids is 1. The van der Waals surface area contributed by atoms with Gasteiger partial charge in [-0.2, -0.15) is 5.10 Å². The average molecular weight is 349 g/mol. The number of alkyl halides is 1. The average Bonchev–Trinajstić information content (AvgIpc) is 3.29. The van der Waals surface area contributed by atoms with Gasteiger partial charge in [0.05, 0.1) is 19.0 Å². The van der Waals surface area contributed by atoms with Crippen LogP contribution in [0.15, 0.2) is 35.2 Å². The van der Waals surface area contributed by atoms with Gasteiger partial charge < -0.3 is 14.6 Å². The third-order valence-corrected chi connectivity index (χ3v) is 4.45. The van der Waals surface area contributed by atoms with Gasteiger partial charge in [0.15, 0.2) is 0 Å². The first-order valence-electron chi connectivity index (χ1n) is 8.38. The number of nitrogens with one attached hydrogen (secondary N) is 1. The molecule has 1 N–H and O–H groups in total. The van der Waals surface area contributed by atoms with Crippen molar-refractivity contribution < 1.29 is 13.6 Å². The summed E-state index contributed by atoms with van der Waals surface area (Å²) in [5.74, 6) is 0.699. The number of rotatable bonds is 6. The summed E-state index contributed by atoms with van der Waals surface area (Å²) in [5.41, 5.74) is 1.05. The summed E-state index contributed by atoms with van der Waals surface area (Å²) in [7, 11) is 3.59. The van der Waals surface area contributed by atoms with Gasteiger partial charge in [-0.25, -0.2) is 9.18 Å². The van der Waals surface area contributed by atoms with Crippen LogP contribution in [0.25, 0.3) is 0 Å². The molecule has 1 aliphatic rings. The second-order valence-electron chi connectivity index (χ2n) is 6.56. The van der Waals surface area contributed by atoms with Gasteiger partial charge in [-0.1, -0.05) is 0 Å². The number of urea groups is 1. The highest BCUT2D eigenvalue weighted by molar-refractivity contribution is 5.73. The van der Waals surface area contributed by atoms with Crippen LogP contribution in [0.2, 0.25) is 0 Å². The second kappa shape index (κ2) is 7.69. The molecule has 7 nitrogen and oxygen atoms in total. The van der Waals surface area contributed by atoms with Crippen LogP contribution in [0.1, 0.15) is 17.7 Å². The van der Waals surface area contributed by atoms with E-state index in [4.69, 9.17) is 4.42 Å². The molecular formula is C17H24FN5O2. The molecule has 0 spiro atoms. The predicted molar refractivity (Wildman–Crippen MR) is 90.5 cm³/mol. The molecule has 0 aliphatic carbocycles. The highest BCUT2D eigenvalue weighted by Gasteiger charge is 2.33. The summed E-state index contributed by atoms with van der Waals surface area (Å²) >= 11 is 0. The third-order valence-electron chi connectivity index (χ3n) is 4.45. The first-order valence-corrected chi connectivity index (χ1v) is 8.38. The molecule has 1 fully saturated rings. The number of carbonyl (C=O) groups is 1. The highest BCUT2D eigenvalue weighted by atomic mass is 19.1. The van der Waals surface area contributed by atoms with E-state index in [0.29, 0.717) is 38.4 Å². The Morgan fingerprint density at radius 1 is 1.56 bits per heavy atom. The van der Waals surface area contributed by atoms with Crippen LogP contribution in [0.3, 0.4) is 0 Å². The minimum absolute atomic E-state index is 0.00503. The standard InChI is InChI=1S/C17H24FN5O2/c1-21(17(24)19-8-16-4-3-5-25-16)12-15-6-14(18)11-23(15)10-13-7-20-22(2)9-13/h3-5,7,9,14-15H,6,8,10-12H2,1-2H3,(H,19,24)/t14-,15-/m0/s1. The van der Waals surface area contributed by atoms with Crippen molar-refractivity contribution in [3.8, 4) is 0 Å². The largest absolute Gasteiger partial charge is 0.467 e. The number of halogens is 1. The molecule has 0 saturated carbocycles. The summed E-state index contributed by atoms with van der Waals surface area (Å²) in [6.45, 7) is 1.85. The van der Waals surface area contributed by atoms with E-state index in [9.17, 15) is 9.18 Å². The van der Waals surface area contributed by atoms with Gasteiger partial charge >= 0.3 is 6.03 Å². The van der Waals surface area contributed by atoms with Crippen molar-refractivity contribution in [2.24, 2.45) is 7.05 Å². The summed E-state index contributed by atoms with van der Waals surface area (Å²) in [6, 6.07) is 3.39. The van der Waals surface area contributed by atoms with Gasteiger partial charge in [0.2, 0.25) is 0 Å². The van der Waals surface area contributed by atoms with Crippen molar-refractivity contribution in [3.05, 3.63) is 42.1 Å². The van der Waals surface area contributed by atoms with Crippen LogP contribution < -0.4 is 5.32 Å². The molecule has 0 bridgehead atoms. The molecule has 3 rings (SSSR count). The number of aromatic nitrogens is 2. The van der Waals surface area contributed by atoms with E-state index in [1.54, 1.807) is 41.2 Å². The summed E-state index contributed by atoms with van der Waals surface area (Å²) in [4.78, 5) is 15.9. The lowest BCUT2D eigenvalue weighted by Gasteiger charge is -2.28. The van der Waals surface area contributed by atoms with E-state index in [-0.39, 0.29) is 12.1 Å². The van der Waals surface area contributed by atoms with Crippen LogP contribution in [0.5, 0.6) is 0 Å². The van der Waals surface area contributed by atoms with Crippen molar-refractivity contribution >= 4 is 6.03 Å². The maximum absolute atomic E-state index is 13.9. The Morgan fingerprint density at radius 2 is 2.40 bits per heavy atom. The molecule has 2 atom stereocenters. The van der Waals surface area contributed by atoms with Crippen LogP contribution in [0.4, 0.5) is 9.18 Å². The first kappa shape index (κ1) is 17.5. The molecule has 0 aromatic carbocycles. The first-order chi connectivity index (χ1) is 12.0. The number of likely N-dealkylation sites (tertiary alicyclic amines) is 1. The number of likely N-dealkylation sites (N-methyl/N-ethyl adjacent to an activating group) is 1. The predicted octanol–water partition coefficient (Wildman–Crippen LogP) is 1.77. The topological polar surface area (TPSA) is 66.5 Å². The molecule has 0 unspecified atom stereocenters. The minimum atomic E-state index is -0.860. The lowest BCUT2D eigenvalue weighted by Crippen LogP contribution is -2.44. The van der Waals surface area contributed by atoms with Crippen LogP contribution in [-0.2, 0) is 20.1 Å². The van der Waals surface area contributed by atoms with Crippen molar-refractivity contribution in [2.75, 3.05) is 20.1 Å². The zero-order valence-electron chi connectivity index (χ0n) is 14.6. The molecule has 3 heterocycles. The molecule has 1 aliphatic heterocycles. The number of hydrogen-bond donors (Lipinski definition) is 1. The van der Waals surface area contributed by atoms with Crippen LogP contribution in [-0.4, -0.2) is 58.0 Å². The van der Waals surface area contributed by atoms with Gasteiger partial charge in [0.1, 0.15) is 11.9 Å². The maximum Gasteiger partial charge on any atom is 0.317 e. The Labute approximate surface area is 146 Å². The molecule has 136 valence electrons. The molecule has 2 amide bonds. The second-order valence-corrected chi connectivity index (χ2v) is 6.56. The van der Waals surface area contributed by atoms with Gasteiger partial charge in [-0.3, -0.25) is 9.58 Å². The van der Waals surface area contributed by atoms with E-state index in [1.807, 2.05) is 13.2 Å². The van der Waals surface area contributed by atoms with Gasteiger partial charge in [0.25, 0.3) is 0 Å². The number of furan rings is 1. The van der Waals surface area contributed by atoms with E-state index >= 15 is 0 Å². The van der Waals surface area contributed by atoms with Crippen molar-refractivity contribution in [1.82, 2.24) is 24.9 Å². The van der Waals surface area contributed by atoms with Crippen molar-refractivity contribution in [2.45, 2.75) is 31.7 Å². The molecule has 0 radical (unpaired) electrons. The quantitative estimate of drug-likeness (QED) is 0.863. The van der Waals surface area contributed by atoms with Crippen molar-refractivity contribution in [3.63, 3.8) is 0 Å². The zero-order valence-corrected chi connectivity index (χ0v) is 14.6. The summed E-state index contributed by atoms with van der Waals surface area (Å²) in [5, 5.41) is 6.96. The molecule has 8 heteroatoms. The van der Waals surface area contributed by atoms with E-state index in [2.05, 4.69) is 15.3 Å². The Morgan fingerprint density at radius 3 is 3.08 bits per heavy atom. The Balaban J connectivity index is 1.52. The van der Waals surface area contributed by atoms with Crippen LogP contribution in [0, 0.1) is 0 Å². The lowest BCUT2D eigenvalue weighted by atomic mass is 10.2. The molecule has 1 saturated heterocycles.